The first-order valence-electron chi connectivity index (χ1n) is 5.57. The summed E-state index contributed by atoms with van der Waals surface area (Å²) >= 11 is 0. The van der Waals surface area contributed by atoms with Crippen LogP contribution >= 0.6 is 0 Å². The van der Waals surface area contributed by atoms with Crippen LogP contribution < -0.4 is 5.73 Å². The summed E-state index contributed by atoms with van der Waals surface area (Å²) < 4.78 is 10.5. The van der Waals surface area contributed by atoms with E-state index in [1.54, 1.807) is 4.90 Å². The molecule has 1 amide bonds. The molecule has 0 atom stereocenters. The maximum Gasteiger partial charge on any atom is 0.410 e. The molecule has 17 heavy (non-hydrogen) atoms. The maximum atomic E-state index is 11.8. The molecular weight excluding hydrogens is 222 g/mol. The average Bonchev–Trinajstić information content (AvgIpc) is 2.53. The molecule has 0 saturated heterocycles. The molecule has 1 aliphatic rings. The molecule has 0 aromatic carbocycles. The third kappa shape index (κ3) is 2.69. The fraction of sp³-hybridized carbons (Fsp3) is 0.636. The predicted molar refractivity (Wildman–Crippen MR) is 61.3 cm³/mol. The van der Waals surface area contributed by atoms with Gasteiger partial charge >= 0.3 is 6.09 Å². The number of fused-ring (bicyclic) bond motifs is 1. The smallest absolute Gasteiger partial charge is 0.410 e. The Labute approximate surface area is 99.7 Å². The third-order valence-electron chi connectivity index (χ3n) is 2.40. The Bertz CT molecular complexity index is 434. The minimum Gasteiger partial charge on any atom is -0.444 e. The molecule has 0 saturated carbocycles. The number of hydrogen-bond donors (Lipinski definition) is 1. The quantitative estimate of drug-likeness (QED) is 0.742. The second-order valence-electron chi connectivity index (χ2n) is 5.07. The summed E-state index contributed by atoms with van der Waals surface area (Å²) in [6.07, 6.45) is 0.295. The van der Waals surface area contributed by atoms with Gasteiger partial charge in [-0.05, 0) is 20.8 Å². The lowest BCUT2D eigenvalue weighted by Crippen LogP contribution is -2.39. The Balaban J connectivity index is 2.05. The van der Waals surface area contributed by atoms with Crippen molar-refractivity contribution in [3.63, 3.8) is 0 Å². The largest absolute Gasteiger partial charge is 0.444 e. The first-order valence-corrected chi connectivity index (χ1v) is 5.57. The Morgan fingerprint density at radius 1 is 1.53 bits per heavy atom. The topological polar surface area (TPSA) is 81.6 Å². The molecule has 6 heteroatoms. The van der Waals surface area contributed by atoms with E-state index in [4.69, 9.17) is 14.9 Å². The first-order chi connectivity index (χ1) is 7.85. The van der Waals surface area contributed by atoms with Gasteiger partial charge in [0.05, 0.1) is 6.54 Å². The number of aromatic nitrogens is 1. The zero-order valence-electron chi connectivity index (χ0n) is 10.3. The number of nitrogens with two attached hydrogens (primary N) is 1. The number of nitrogen functional groups attached to an aromatic ring is 1. The minimum atomic E-state index is -0.486. The molecule has 0 spiro atoms. The normalized spacial score (nSPS) is 15.6. The Morgan fingerprint density at radius 3 is 2.88 bits per heavy atom. The van der Waals surface area contributed by atoms with Gasteiger partial charge in [-0.25, -0.2) is 4.79 Å². The van der Waals surface area contributed by atoms with Gasteiger partial charge in [-0.3, -0.25) is 0 Å². The van der Waals surface area contributed by atoms with Crippen LogP contribution in [-0.4, -0.2) is 28.1 Å². The Hall–Kier alpha value is -1.72. The number of ether oxygens (including phenoxy) is 1. The molecule has 0 aliphatic carbocycles. The van der Waals surface area contributed by atoms with Crippen LogP contribution in [0.1, 0.15) is 32.2 Å². The Kier molecular flexibility index (Phi) is 2.73. The van der Waals surface area contributed by atoms with Crippen LogP contribution in [0.3, 0.4) is 0 Å². The highest BCUT2D eigenvalue weighted by Crippen LogP contribution is 2.22. The predicted octanol–water partition coefficient (Wildman–Crippen LogP) is 1.55. The summed E-state index contributed by atoms with van der Waals surface area (Å²) in [5, 5.41) is 0. The van der Waals surface area contributed by atoms with Gasteiger partial charge in [0.15, 0.2) is 0 Å². The zero-order valence-corrected chi connectivity index (χ0v) is 10.3. The summed E-state index contributed by atoms with van der Waals surface area (Å²) in [5.41, 5.74) is 5.71. The molecule has 2 N–H and O–H groups in total. The molecule has 1 aliphatic heterocycles. The highest BCUT2D eigenvalue weighted by molar-refractivity contribution is 5.68. The molecule has 2 heterocycles. The van der Waals surface area contributed by atoms with Crippen molar-refractivity contribution in [2.75, 3.05) is 12.3 Å². The third-order valence-corrected chi connectivity index (χ3v) is 2.40. The van der Waals surface area contributed by atoms with Crippen LogP contribution in [0, 0.1) is 0 Å². The SMILES string of the molecule is CC(C)(C)OC(=O)N1CCc2oc(N)nc2C1. The van der Waals surface area contributed by atoms with Gasteiger partial charge in [-0.1, -0.05) is 0 Å². The van der Waals surface area contributed by atoms with E-state index in [9.17, 15) is 4.79 Å². The van der Waals surface area contributed by atoms with Crippen LogP contribution in [0.25, 0.3) is 0 Å². The molecule has 0 bridgehead atoms. The maximum absolute atomic E-state index is 11.8. The number of anilines is 1. The van der Waals surface area contributed by atoms with Crippen LogP contribution in [0.5, 0.6) is 0 Å². The van der Waals surface area contributed by atoms with Gasteiger partial charge < -0.3 is 19.8 Å². The van der Waals surface area contributed by atoms with Gasteiger partial charge in [0.1, 0.15) is 17.1 Å². The van der Waals surface area contributed by atoms with E-state index in [0.717, 1.165) is 11.5 Å². The van der Waals surface area contributed by atoms with Crippen LogP contribution in [0.15, 0.2) is 4.42 Å². The number of amides is 1. The van der Waals surface area contributed by atoms with E-state index in [-0.39, 0.29) is 12.1 Å². The lowest BCUT2D eigenvalue weighted by Gasteiger charge is -2.28. The van der Waals surface area contributed by atoms with Crippen molar-refractivity contribution in [1.29, 1.82) is 0 Å². The summed E-state index contributed by atoms with van der Waals surface area (Å²) in [6.45, 7) is 6.48. The molecule has 1 aromatic heterocycles. The molecule has 6 nitrogen and oxygen atoms in total. The number of carbonyl (C=O) groups is 1. The average molecular weight is 239 g/mol. The molecule has 0 fully saturated rings. The van der Waals surface area contributed by atoms with Crippen molar-refractivity contribution in [2.45, 2.75) is 39.3 Å². The van der Waals surface area contributed by atoms with Crippen molar-refractivity contribution in [2.24, 2.45) is 0 Å². The molecule has 0 unspecified atom stereocenters. The van der Waals surface area contributed by atoms with E-state index in [0.29, 0.717) is 19.5 Å². The van der Waals surface area contributed by atoms with E-state index < -0.39 is 5.60 Å². The van der Waals surface area contributed by atoms with Gasteiger partial charge in [-0.15, -0.1) is 0 Å². The molecular formula is C11H17N3O3. The van der Waals surface area contributed by atoms with Gasteiger partial charge in [0, 0.05) is 13.0 Å². The highest BCUT2D eigenvalue weighted by Gasteiger charge is 2.28. The standard InChI is InChI=1S/C11H17N3O3/c1-11(2,3)17-10(15)14-5-4-8-7(6-14)13-9(12)16-8/h4-6H2,1-3H3,(H2,12,13). The lowest BCUT2D eigenvalue weighted by atomic mass is 10.2. The number of carbonyl (C=O) groups excluding carboxylic acids is 1. The number of hydrogen-bond acceptors (Lipinski definition) is 5. The van der Waals surface area contributed by atoms with Crippen molar-refractivity contribution in [3.8, 4) is 0 Å². The van der Waals surface area contributed by atoms with Crippen molar-refractivity contribution < 1.29 is 13.9 Å². The summed E-state index contributed by atoms with van der Waals surface area (Å²) in [5.74, 6) is 0.766. The summed E-state index contributed by atoms with van der Waals surface area (Å²) in [4.78, 5) is 17.5. The summed E-state index contributed by atoms with van der Waals surface area (Å²) in [7, 11) is 0. The molecule has 1 aromatic rings. The van der Waals surface area contributed by atoms with Crippen molar-refractivity contribution in [3.05, 3.63) is 11.5 Å². The number of nitrogens with zero attached hydrogens (tertiary/aromatic N) is 2. The van der Waals surface area contributed by atoms with E-state index in [1.807, 2.05) is 20.8 Å². The summed E-state index contributed by atoms with van der Waals surface area (Å²) in [6, 6.07) is 0.154. The van der Waals surface area contributed by atoms with Gasteiger partial charge in [0.2, 0.25) is 0 Å². The van der Waals surface area contributed by atoms with Gasteiger partial charge in [-0.2, -0.15) is 4.98 Å². The fourth-order valence-corrected chi connectivity index (χ4v) is 1.70. The van der Waals surface area contributed by atoms with Crippen LogP contribution in [0.4, 0.5) is 10.8 Å². The van der Waals surface area contributed by atoms with Crippen LogP contribution in [-0.2, 0) is 17.7 Å². The van der Waals surface area contributed by atoms with E-state index in [1.165, 1.54) is 0 Å². The number of oxazole rings is 1. The monoisotopic (exact) mass is 239 g/mol. The second kappa shape index (κ2) is 3.94. The zero-order chi connectivity index (χ0) is 12.6. The van der Waals surface area contributed by atoms with Crippen molar-refractivity contribution in [1.82, 2.24) is 9.88 Å². The van der Waals surface area contributed by atoms with Crippen LogP contribution in [0.2, 0.25) is 0 Å². The fourth-order valence-electron chi connectivity index (χ4n) is 1.70. The molecule has 0 radical (unpaired) electrons. The molecule has 2 rings (SSSR count). The minimum absolute atomic E-state index is 0.154. The second-order valence-corrected chi connectivity index (χ2v) is 5.07. The lowest BCUT2D eigenvalue weighted by molar-refractivity contribution is 0.0217. The molecule has 94 valence electrons. The van der Waals surface area contributed by atoms with E-state index in [2.05, 4.69) is 4.98 Å². The van der Waals surface area contributed by atoms with Gasteiger partial charge in [0.25, 0.3) is 6.01 Å². The Morgan fingerprint density at radius 2 is 2.24 bits per heavy atom. The van der Waals surface area contributed by atoms with Crippen molar-refractivity contribution >= 4 is 12.1 Å². The number of rotatable bonds is 0. The first kappa shape index (κ1) is 11.8. The van der Waals surface area contributed by atoms with E-state index >= 15 is 0 Å². The highest BCUT2D eigenvalue weighted by atomic mass is 16.6.